The summed E-state index contributed by atoms with van der Waals surface area (Å²) in [6.45, 7) is 0.560. The molecule has 1 aromatic carbocycles. The third-order valence-electron chi connectivity index (χ3n) is 2.31. The van der Waals surface area contributed by atoms with Gasteiger partial charge in [0.05, 0.1) is 17.1 Å². The SMILES string of the molecule is N#CCCCCOc1ccc(C=CC(=O)O)cc1Br. The lowest BCUT2D eigenvalue weighted by Gasteiger charge is -2.08. The predicted molar refractivity (Wildman–Crippen MR) is 75.8 cm³/mol. The quantitative estimate of drug-likeness (QED) is 0.614. The maximum Gasteiger partial charge on any atom is 0.328 e. The fraction of sp³-hybridized carbons (Fsp3) is 0.286. The van der Waals surface area contributed by atoms with Gasteiger partial charge in [-0.15, -0.1) is 0 Å². The Morgan fingerprint density at radius 2 is 2.26 bits per heavy atom. The highest BCUT2D eigenvalue weighted by molar-refractivity contribution is 9.10. The van der Waals surface area contributed by atoms with Crippen LogP contribution in [0.1, 0.15) is 24.8 Å². The fourth-order valence-electron chi connectivity index (χ4n) is 1.39. The van der Waals surface area contributed by atoms with Gasteiger partial charge in [-0.05, 0) is 52.5 Å². The third-order valence-corrected chi connectivity index (χ3v) is 2.93. The number of nitrogens with zero attached hydrogens (tertiary/aromatic N) is 1. The molecule has 0 heterocycles. The van der Waals surface area contributed by atoms with Crippen LogP contribution in [0.3, 0.4) is 0 Å². The standard InChI is InChI=1S/C14H14BrNO3/c15-12-10-11(5-7-14(17)18)4-6-13(12)19-9-3-1-2-8-16/h4-7,10H,1-3,9H2,(H,17,18). The number of carboxylic acids is 1. The van der Waals surface area contributed by atoms with E-state index >= 15 is 0 Å². The van der Waals surface area contributed by atoms with Crippen molar-refractivity contribution < 1.29 is 14.6 Å². The van der Waals surface area contributed by atoms with E-state index in [1.807, 2.05) is 0 Å². The average Bonchev–Trinajstić information content (AvgIpc) is 2.38. The molecule has 0 aliphatic heterocycles. The lowest BCUT2D eigenvalue weighted by Crippen LogP contribution is -1.97. The van der Waals surface area contributed by atoms with Gasteiger partial charge in [-0.25, -0.2) is 4.79 Å². The highest BCUT2D eigenvalue weighted by atomic mass is 79.9. The zero-order chi connectivity index (χ0) is 14.1. The molecule has 0 spiro atoms. The summed E-state index contributed by atoms with van der Waals surface area (Å²) >= 11 is 3.38. The number of carboxylic acid groups (broad SMARTS) is 1. The molecule has 0 unspecified atom stereocenters. The Morgan fingerprint density at radius 3 is 2.89 bits per heavy atom. The van der Waals surface area contributed by atoms with Crippen LogP contribution in [0.15, 0.2) is 28.7 Å². The minimum Gasteiger partial charge on any atom is -0.492 e. The van der Waals surface area contributed by atoms with Gasteiger partial charge in [0.25, 0.3) is 0 Å². The molecule has 100 valence electrons. The Labute approximate surface area is 120 Å². The minimum atomic E-state index is -0.978. The summed E-state index contributed by atoms with van der Waals surface area (Å²) in [4.78, 5) is 10.4. The van der Waals surface area contributed by atoms with Crippen molar-refractivity contribution in [1.29, 1.82) is 5.26 Å². The van der Waals surface area contributed by atoms with Crippen LogP contribution in [-0.4, -0.2) is 17.7 Å². The number of nitriles is 1. The molecule has 1 N–H and O–H groups in total. The van der Waals surface area contributed by atoms with Crippen molar-refractivity contribution >= 4 is 28.0 Å². The van der Waals surface area contributed by atoms with Gasteiger partial charge in [-0.3, -0.25) is 0 Å². The van der Waals surface area contributed by atoms with Crippen molar-refractivity contribution in [1.82, 2.24) is 0 Å². The predicted octanol–water partition coefficient (Wildman–Crippen LogP) is 3.62. The molecule has 0 fully saturated rings. The van der Waals surface area contributed by atoms with E-state index in [2.05, 4.69) is 22.0 Å². The van der Waals surface area contributed by atoms with Crippen LogP contribution < -0.4 is 4.74 Å². The van der Waals surface area contributed by atoms with Crippen molar-refractivity contribution in [2.45, 2.75) is 19.3 Å². The molecule has 1 rings (SSSR count). The first-order valence-electron chi connectivity index (χ1n) is 5.84. The highest BCUT2D eigenvalue weighted by Gasteiger charge is 2.01. The maximum atomic E-state index is 10.4. The van der Waals surface area contributed by atoms with Crippen LogP contribution in [0.2, 0.25) is 0 Å². The molecule has 1 aromatic rings. The number of hydrogen-bond donors (Lipinski definition) is 1. The van der Waals surface area contributed by atoms with E-state index in [1.165, 1.54) is 6.08 Å². The Bertz CT molecular complexity index is 506. The van der Waals surface area contributed by atoms with E-state index in [0.717, 1.165) is 29.0 Å². The van der Waals surface area contributed by atoms with Gasteiger partial charge in [-0.2, -0.15) is 5.26 Å². The van der Waals surface area contributed by atoms with Crippen LogP contribution >= 0.6 is 15.9 Å². The summed E-state index contributed by atoms with van der Waals surface area (Å²) in [6, 6.07) is 7.46. The van der Waals surface area contributed by atoms with Crippen LogP contribution in [-0.2, 0) is 4.79 Å². The van der Waals surface area contributed by atoms with Gasteiger partial charge in [0, 0.05) is 12.5 Å². The third kappa shape index (κ3) is 6.07. The van der Waals surface area contributed by atoms with E-state index in [1.54, 1.807) is 18.2 Å². The van der Waals surface area contributed by atoms with Crippen LogP contribution in [0.4, 0.5) is 0 Å². The summed E-state index contributed by atoms with van der Waals surface area (Å²) < 4.78 is 6.35. The summed E-state index contributed by atoms with van der Waals surface area (Å²) in [6.07, 6.45) is 4.81. The van der Waals surface area contributed by atoms with E-state index in [9.17, 15) is 4.79 Å². The zero-order valence-corrected chi connectivity index (χ0v) is 11.9. The molecular weight excluding hydrogens is 310 g/mol. The molecule has 0 saturated heterocycles. The fourth-order valence-corrected chi connectivity index (χ4v) is 1.90. The lowest BCUT2D eigenvalue weighted by atomic mass is 10.2. The Hall–Kier alpha value is -1.80. The number of hydrogen-bond acceptors (Lipinski definition) is 3. The number of unbranched alkanes of at least 4 members (excludes halogenated alkanes) is 2. The second-order valence-electron chi connectivity index (χ2n) is 3.83. The molecule has 0 saturated carbocycles. The van der Waals surface area contributed by atoms with E-state index < -0.39 is 5.97 Å². The topological polar surface area (TPSA) is 70.3 Å². The molecule has 19 heavy (non-hydrogen) atoms. The van der Waals surface area contributed by atoms with E-state index in [-0.39, 0.29) is 0 Å². The summed E-state index contributed by atoms with van der Waals surface area (Å²) in [5.74, 6) is -0.265. The first-order chi connectivity index (χ1) is 9.13. The minimum absolute atomic E-state index is 0.545. The van der Waals surface area contributed by atoms with E-state index in [0.29, 0.717) is 18.8 Å². The molecule has 0 aromatic heterocycles. The molecule has 0 radical (unpaired) electrons. The normalized spacial score (nSPS) is 10.3. The number of carbonyl (C=O) groups is 1. The monoisotopic (exact) mass is 323 g/mol. The van der Waals surface area contributed by atoms with Gasteiger partial charge in [0.2, 0.25) is 0 Å². The van der Waals surface area contributed by atoms with Gasteiger partial charge in [-0.1, -0.05) is 6.07 Å². The first-order valence-corrected chi connectivity index (χ1v) is 6.63. The molecule has 0 atom stereocenters. The summed E-state index contributed by atoms with van der Waals surface area (Å²) in [7, 11) is 0. The van der Waals surface area contributed by atoms with Gasteiger partial charge < -0.3 is 9.84 Å². The van der Waals surface area contributed by atoms with Gasteiger partial charge >= 0.3 is 5.97 Å². The number of halogens is 1. The average molecular weight is 324 g/mol. The largest absolute Gasteiger partial charge is 0.492 e. The van der Waals surface area contributed by atoms with Crippen molar-refractivity contribution in [3.05, 3.63) is 34.3 Å². The van der Waals surface area contributed by atoms with Crippen molar-refractivity contribution in [3.63, 3.8) is 0 Å². The summed E-state index contributed by atoms with van der Waals surface area (Å²) in [5, 5.41) is 16.9. The number of aliphatic carboxylic acids is 1. The molecule has 0 aliphatic rings. The van der Waals surface area contributed by atoms with Crippen molar-refractivity contribution in [3.8, 4) is 11.8 Å². The van der Waals surface area contributed by atoms with Gasteiger partial charge in [0.1, 0.15) is 5.75 Å². The van der Waals surface area contributed by atoms with Crippen LogP contribution in [0, 0.1) is 11.3 Å². The molecule has 4 nitrogen and oxygen atoms in total. The number of ether oxygens (including phenoxy) is 1. The number of benzene rings is 1. The van der Waals surface area contributed by atoms with Crippen molar-refractivity contribution in [2.75, 3.05) is 6.61 Å². The molecule has 5 heteroatoms. The molecule has 0 bridgehead atoms. The van der Waals surface area contributed by atoms with Crippen LogP contribution in [0.5, 0.6) is 5.75 Å². The first kappa shape index (κ1) is 15.3. The second kappa shape index (κ2) is 8.33. The maximum absolute atomic E-state index is 10.4. The van der Waals surface area contributed by atoms with Crippen LogP contribution in [0.25, 0.3) is 6.08 Å². The number of rotatable bonds is 7. The molecular formula is C14H14BrNO3. The smallest absolute Gasteiger partial charge is 0.328 e. The summed E-state index contributed by atoms with van der Waals surface area (Å²) in [5.41, 5.74) is 0.783. The zero-order valence-electron chi connectivity index (χ0n) is 10.3. The van der Waals surface area contributed by atoms with Gasteiger partial charge in [0.15, 0.2) is 0 Å². The molecule has 0 amide bonds. The lowest BCUT2D eigenvalue weighted by molar-refractivity contribution is -0.131. The van der Waals surface area contributed by atoms with Crippen molar-refractivity contribution in [2.24, 2.45) is 0 Å². The second-order valence-corrected chi connectivity index (χ2v) is 4.68. The Balaban J connectivity index is 2.53. The highest BCUT2D eigenvalue weighted by Crippen LogP contribution is 2.26. The van der Waals surface area contributed by atoms with E-state index in [4.69, 9.17) is 15.1 Å². The Morgan fingerprint density at radius 1 is 1.47 bits per heavy atom. The molecule has 0 aliphatic carbocycles. The Kier molecular flexibility index (Phi) is 6.69.